The van der Waals surface area contributed by atoms with Crippen molar-refractivity contribution in [1.82, 2.24) is 4.98 Å². The molecule has 1 heterocycles. The summed E-state index contributed by atoms with van der Waals surface area (Å²) in [5, 5.41) is 0. The molecule has 0 spiro atoms. The van der Waals surface area contributed by atoms with E-state index in [4.69, 9.17) is 4.74 Å². The summed E-state index contributed by atoms with van der Waals surface area (Å²) in [6.07, 6.45) is 18.1. The molecule has 4 heteroatoms. The Labute approximate surface area is 199 Å². The van der Waals surface area contributed by atoms with E-state index in [0.717, 1.165) is 37.7 Å². The first-order valence-corrected chi connectivity index (χ1v) is 13.5. The number of halogens is 2. The highest BCUT2D eigenvalue weighted by Gasteiger charge is 2.38. The highest BCUT2D eigenvalue weighted by molar-refractivity contribution is 5.74. The van der Waals surface area contributed by atoms with Gasteiger partial charge in [-0.3, -0.25) is 0 Å². The summed E-state index contributed by atoms with van der Waals surface area (Å²) in [6, 6.07) is 3.48. The molecule has 0 saturated heterocycles. The van der Waals surface area contributed by atoms with Gasteiger partial charge in [0.25, 0.3) is 0 Å². The SMILES string of the molecule is CCCCCCCCC1CCC2C(=CC(F)=C(c3ccc(OCCCCCC)nc3)C2F)C1. The van der Waals surface area contributed by atoms with E-state index >= 15 is 8.78 Å². The first-order valence-electron chi connectivity index (χ1n) is 13.5. The second kappa shape index (κ2) is 13.9. The molecular formula is C29H43F2NO. The highest BCUT2D eigenvalue weighted by Crippen LogP contribution is 2.46. The lowest BCUT2D eigenvalue weighted by Crippen LogP contribution is -2.29. The fourth-order valence-corrected chi connectivity index (χ4v) is 5.35. The zero-order valence-electron chi connectivity index (χ0n) is 20.8. The molecule has 33 heavy (non-hydrogen) atoms. The third-order valence-corrected chi connectivity index (χ3v) is 7.35. The monoisotopic (exact) mass is 459 g/mol. The molecule has 2 aliphatic carbocycles. The standard InChI is InChI=1S/C29H43F2NO/c1-3-5-7-9-10-11-13-22-14-16-25-24(19-22)20-26(30)28(29(25)31)23-15-17-27(32-21-23)33-18-12-8-6-4-2/h15,17,20-22,25,29H,3-14,16,18-19H2,1-2H3. The average Bonchev–Trinajstić information content (AvgIpc) is 2.82. The van der Waals surface area contributed by atoms with Crippen LogP contribution in [-0.2, 0) is 0 Å². The second-order valence-corrected chi connectivity index (χ2v) is 9.99. The molecule has 184 valence electrons. The van der Waals surface area contributed by atoms with Crippen LogP contribution in [0.15, 0.2) is 35.8 Å². The highest BCUT2D eigenvalue weighted by atomic mass is 19.1. The normalized spacial score (nSPS) is 22.8. The first kappa shape index (κ1) is 25.9. The topological polar surface area (TPSA) is 22.1 Å². The van der Waals surface area contributed by atoms with E-state index in [9.17, 15) is 0 Å². The van der Waals surface area contributed by atoms with Crippen LogP contribution in [0, 0.1) is 11.8 Å². The summed E-state index contributed by atoms with van der Waals surface area (Å²) in [5.41, 5.74) is 1.67. The maximum atomic E-state index is 15.5. The molecule has 0 aromatic carbocycles. The minimum Gasteiger partial charge on any atom is -0.478 e. The van der Waals surface area contributed by atoms with Crippen molar-refractivity contribution in [2.24, 2.45) is 11.8 Å². The molecule has 1 aromatic rings. The van der Waals surface area contributed by atoms with Gasteiger partial charge in [-0.15, -0.1) is 0 Å². The number of alkyl halides is 1. The van der Waals surface area contributed by atoms with Gasteiger partial charge in [-0.2, -0.15) is 0 Å². The fourth-order valence-electron chi connectivity index (χ4n) is 5.35. The second-order valence-electron chi connectivity index (χ2n) is 9.99. The first-order chi connectivity index (χ1) is 16.1. The van der Waals surface area contributed by atoms with E-state index in [1.165, 1.54) is 57.8 Å². The van der Waals surface area contributed by atoms with Crippen molar-refractivity contribution in [3.63, 3.8) is 0 Å². The van der Waals surface area contributed by atoms with Crippen LogP contribution in [0.4, 0.5) is 8.78 Å². The molecule has 1 saturated carbocycles. The molecular weight excluding hydrogens is 416 g/mol. The van der Waals surface area contributed by atoms with Crippen LogP contribution >= 0.6 is 0 Å². The van der Waals surface area contributed by atoms with Gasteiger partial charge in [0.05, 0.1) is 6.61 Å². The Hall–Kier alpha value is -1.71. The smallest absolute Gasteiger partial charge is 0.213 e. The minimum atomic E-state index is -1.29. The predicted molar refractivity (Wildman–Crippen MR) is 134 cm³/mol. The summed E-state index contributed by atoms with van der Waals surface area (Å²) in [5.74, 6) is 0.489. The number of fused-ring (bicyclic) bond motifs is 1. The van der Waals surface area contributed by atoms with Crippen molar-refractivity contribution in [3.05, 3.63) is 41.4 Å². The Bertz CT molecular complexity index is 770. The minimum absolute atomic E-state index is 0.167. The Kier molecular flexibility index (Phi) is 10.9. The third kappa shape index (κ3) is 7.65. The number of allylic oxidation sites excluding steroid dienone is 4. The van der Waals surface area contributed by atoms with Crippen LogP contribution in [0.5, 0.6) is 5.88 Å². The fraction of sp³-hybridized carbons (Fsp3) is 0.690. The van der Waals surface area contributed by atoms with Gasteiger partial charge in [0.15, 0.2) is 0 Å². The number of hydrogen-bond acceptors (Lipinski definition) is 2. The number of hydrogen-bond donors (Lipinski definition) is 0. The summed E-state index contributed by atoms with van der Waals surface area (Å²) in [7, 11) is 0. The van der Waals surface area contributed by atoms with Gasteiger partial charge < -0.3 is 4.74 Å². The number of nitrogens with zero attached hydrogens (tertiary/aromatic N) is 1. The molecule has 1 aromatic heterocycles. The van der Waals surface area contributed by atoms with Crippen molar-refractivity contribution < 1.29 is 13.5 Å². The third-order valence-electron chi connectivity index (χ3n) is 7.35. The number of aromatic nitrogens is 1. The average molecular weight is 460 g/mol. The van der Waals surface area contributed by atoms with E-state index in [2.05, 4.69) is 18.8 Å². The van der Waals surface area contributed by atoms with Gasteiger partial charge in [-0.05, 0) is 43.7 Å². The molecule has 2 nitrogen and oxygen atoms in total. The van der Waals surface area contributed by atoms with Gasteiger partial charge in [-0.25, -0.2) is 13.8 Å². The molecule has 2 aliphatic rings. The summed E-state index contributed by atoms with van der Waals surface area (Å²) < 4.78 is 36.2. The number of ether oxygens (including phenoxy) is 1. The Balaban J connectivity index is 1.55. The van der Waals surface area contributed by atoms with Crippen LogP contribution in [0.1, 0.15) is 109 Å². The molecule has 1 fully saturated rings. The maximum absolute atomic E-state index is 15.5. The van der Waals surface area contributed by atoms with E-state index < -0.39 is 12.0 Å². The Morgan fingerprint density at radius 1 is 0.939 bits per heavy atom. The lowest BCUT2D eigenvalue weighted by atomic mass is 9.70. The van der Waals surface area contributed by atoms with Crippen molar-refractivity contribution in [2.45, 2.75) is 110 Å². The zero-order chi connectivity index (χ0) is 23.5. The predicted octanol–water partition coefficient (Wildman–Crippen LogP) is 9.17. The van der Waals surface area contributed by atoms with Crippen molar-refractivity contribution in [1.29, 1.82) is 0 Å². The van der Waals surface area contributed by atoms with Crippen molar-refractivity contribution in [2.75, 3.05) is 6.61 Å². The van der Waals surface area contributed by atoms with Crippen LogP contribution in [0.2, 0.25) is 0 Å². The maximum Gasteiger partial charge on any atom is 0.213 e. The molecule has 3 atom stereocenters. The molecule has 3 unspecified atom stereocenters. The molecule has 0 radical (unpaired) electrons. The molecule has 0 amide bonds. The lowest BCUT2D eigenvalue weighted by molar-refractivity contribution is 0.236. The van der Waals surface area contributed by atoms with Crippen LogP contribution in [-0.4, -0.2) is 17.8 Å². The van der Waals surface area contributed by atoms with E-state index in [1.54, 1.807) is 24.4 Å². The van der Waals surface area contributed by atoms with E-state index in [-0.39, 0.29) is 11.5 Å². The number of pyridine rings is 1. The zero-order valence-corrected chi connectivity index (χ0v) is 20.8. The lowest BCUT2D eigenvalue weighted by Gasteiger charge is -2.36. The molecule has 0 N–H and O–H groups in total. The Morgan fingerprint density at radius 3 is 2.39 bits per heavy atom. The number of rotatable bonds is 14. The van der Waals surface area contributed by atoms with Crippen LogP contribution in [0.25, 0.3) is 5.57 Å². The van der Waals surface area contributed by atoms with Gasteiger partial charge in [0, 0.05) is 29.3 Å². The van der Waals surface area contributed by atoms with Crippen molar-refractivity contribution in [3.8, 4) is 5.88 Å². The Morgan fingerprint density at radius 2 is 1.67 bits per heavy atom. The quantitative estimate of drug-likeness (QED) is 0.259. The summed E-state index contributed by atoms with van der Waals surface area (Å²) in [6.45, 7) is 5.05. The van der Waals surface area contributed by atoms with Gasteiger partial charge >= 0.3 is 0 Å². The molecule has 0 bridgehead atoms. The van der Waals surface area contributed by atoms with Crippen LogP contribution < -0.4 is 4.74 Å². The van der Waals surface area contributed by atoms with Gasteiger partial charge in [0.2, 0.25) is 5.88 Å². The molecule has 0 aliphatic heterocycles. The van der Waals surface area contributed by atoms with E-state index in [1.807, 2.05) is 0 Å². The summed E-state index contributed by atoms with van der Waals surface area (Å²) in [4.78, 5) is 4.31. The largest absolute Gasteiger partial charge is 0.478 e. The van der Waals surface area contributed by atoms with Crippen molar-refractivity contribution >= 4 is 5.57 Å². The summed E-state index contributed by atoms with van der Waals surface area (Å²) >= 11 is 0. The van der Waals surface area contributed by atoms with Gasteiger partial charge in [-0.1, -0.05) is 83.6 Å². The van der Waals surface area contributed by atoms with E-state index in [0.29, 0.717) is 24.0 Å². The van der Waals surface area contributed by atoms with Gasteiger partial charge in [0.1, 0.15) is 12.0 Å². The number of unbranched alkanes of at least 4 members (excludes halogenated alkanes) is 8. The molecule has 3 rings (SSSR count). The van der Waals surface area contributed by atoms with Crippen LogP contribution in [0.3, 0.4) is 0 Å².